The summed E-state index contributed by atoms with van der Waals surface area (Å²) in [4.78, 5) is 18.5. The number of piperidine rings is 1. The summed E-state index contributed by atoms with van der Waals surface area (Å²) in [5.74, 6) is 3.25. The molecule has 2 heterocycles. The molecule has 1 aliphatic rings. The lowest BCUT2D eigenvalue weighted by Crippen LogP contribution is -2.36. The minimum Gasteiger partial charge on any atom is -0.342 e. The highest BCUT2D eigenvalue weighted by atomic mass is 16.1. The van der Waals surface area contributed by atoms with Crippen molar-refractivity contribution in [1.29, 1.82) is 0 Å². The van der Waals surface area contributed by atoms with E-state index in [4.69, 9.17) is 6.42 Å². The Morgan fingerprint density at radius 1 is 1.41 bits per heavy atom. The largest absolute Gasteiger partial charge is 0.342 e. The van der Waals surface area contributed by atoms with Crippen LogP contribution in [0.1, 0.15) is 25.0 Å². The van der Waals surface area contributed by atoms with Crippen molar-refractivity contribution in [2.75, 3.05) is 18.0 Å². The number of aryl methyl sites for hydroxylation is 1. The number of rotatable bonds is 2. The first-order valence-electron chi connectivity index (χ1n) is 5.99. The molecule has 0 bridgehead atoms. The van der Waals surface area contributed by atoms with E-state index in [1.54, 1.807) is 4.57 Å². The molecule has 4 nitrogen and oxygen atoms in total. The smallest absolute Gasteiger partial charge is 0.255 e. The first-order chi connectivity index (χ1) is 8.22. The second-order valence-electron chi connectivity index (χ2n) is 4.37. The fourth-order valence-corrected chi connectivity index (χ4v) is 2.18. The lowest BCUT2D eigenvalue weighted by Gasteiger charge is -2.29. The number of terminal acetylenes is 1. The van der Waals surface area contributed by atoms with Crippen LogP contribution in [0, 0.1) is 19.3 Å². The lowest BCUT2D eigenvalue weighted by atomic mass is 10.1. The molecule has 1 saturated heterocycles. The summed E-state index contributed by atoms with van der Waals surface area (Å²) < 4.78 is 1.58. The maximum absolute atomic E-state index is 11.9. The molecule has 0 atom stereocenters. The third kappa shape index (κ3) is 2.50. The predicted molar refractivity (Wildman–Crippen MR) is 68.1 cm³/mol. The molecule has 0 spiro atoms. The second-order valence-corrected chi connectivity index (χ2v) is 4.37. The highest BCUT2D eigenvalue weighted by Crippen LogP contribution is 2.16. The van der Waals surface area contributed by atoms with Crippen molar-refractivity contribution in [3.05, 3.63) is 22.1 Å². The van der Waals surface area contributed by atoms with E-state index in [1.165, 1.54) is 12.5 Å². The third-order valence-electron chi connectivity index (χ3n) is 3.00. The van der Waals surface area contributed by atoms with Crippen LogP contribution in [0.4, 0.5) is 5.95 Å². The van der Waals surface area contributed by atoms with Crippen molar-refractivity contribution in [2.24, 2.45) is 0 Å². The van der Waals surface area contributed by atoms with E-state index in [9.17, 15) is 4.79 Å². The number of hydrogen-bond donors (Lipinski definition) is 0. The Labute approximate surface area is 101 Å². The average molecular weight is 231 g/mol. The minimum absolute atomic E-state index is 0.0592. The summed E-state index contributed by atoms with van der Waals surface area (Å²) >= 11 is 0. The fraction of sp³-hybridized carbons (Fsp3) is 0.538. The summed E-state index contributed by atoms with van der Waals surface area (Å²) in [7, 11) is 0. The maximum Gasteiger partial charge on any atom is 0.255 e. The molecular formula is C13H17N3O. The summed E-state index contributed by atoms with van der Waals surface area (Å²) in [6, 6.07) is 1.53. The van der Waals surface area contributed by atoms with Gasteiger partial charge in [-0.05, 0) is 26.2 Å². The average Bonchev–Trinajstić information content (AvgIpc) is 2.33. The standard InChI is InChI=1S/C13H17N3O/c1-3-7-16-12(17)10-11(2)14-13(16)15-8-5-4-6-9-15/h1,10H,4-9H2,2H3. The molecule has 1 aromatic rings. The molecule has 1 fully saturated rings. The van der Waals surface area contributed by atoms with Gasteiger partial charge in [-0.2, -0.15) is 0 Å². The van der Waals surface area contributed by atoms with Crippen molar-refractivity contribution in [2.45, 2.75) is 32.7 Å². The van der Waals surface area contributed by atoms with Gasteiger partial charge in [-0.15, -0.1) is 6.42 Å². The van der Waals surface area contributed by atoms with Gasteiger partial charge in [0.2, 0.25) is 5.95 Å². The zero-order chi connectivity index (χ0) is 12.3. The normalized spacial score (nSPS) is 15.6. The first kappa shape index (κ1) is 11.7. The lowest BCUT2D eigenvalue weighted by molar-refractivity contribution is 0.552. The van der Waals surface area contributed by atoms with E-state index >= 15 is 0 Å². The monoisotopic (exact) mass is 231 g/mol. The van der Waals surface area contributed by atoms with Crippen LogP contribution >= 0.6 is 0 Å². The molecule has 0 unspecified atom stereocenters. The van der Waals surface area contributed by atoms with E-state index in [-0.39, 0.29) is 12.1 Å². The Bertz CT molecular complexity index is 492. The van der Waals surface area contributed by atoms with Crippen LogP contribution in [0.25, 0.3) is 0 Å². The van der Waals surface area contributed by atoms with Gasteiger partial charge < -0.3 is 4.90 Å². The highest BCUT2D eigenvalue weighted by Gasteiger charge is 2.16. The van der Waals surface area contributed by atoms with Crippen LogP contribution in [0.15, 0.2) is 10.9 Å². The minimum atomic E-state index is -0.0592. The predicted octanol–water partition coefficient (Wildman–Crippen LogP) is 1.18. The van der Waals surface area contributed by atoms with E-state index in [0.29, 0.717) is 0 Å². The van der Waals surface area contributed by atoms with E-state index < -0.39 is 0 Å². The van der Waals surface area contributed by atoms with Crippen molar-refractivity contribution in [3.63, 3.8) is 0 Å². The van der Waals surface area contributed by atoms with Crippen LogP contribution < -0.4 is 10.5 Å². The summed E-state index contributed by atoms with van der Waals surface area (Å²) in [5.41, 5.74) is 0.694. The van der Waals surface area contributed by atoms with Crippen molar-refractivity contribution < 1.29 is 0 Å². The Morgan fingerprint density at radius 2 is 2.12 bits per heavy atom. The molecule has 0 amide bonds. The fourth-order valence-electron chi connectivity index (χ4n) is 2.18. The maximum atomic E-state index is 11.9. The van der Waals surface area contributed by atoms with Crippen LogP contribution in [0.2, 0.25) is 0 Å². The molecule has 1 aromatic heterocycles. The molecular weight excluding hydrogens is 214 g/mol. The van der Waals surface area contributed by atoms with Gasteiger partial charge in [0.15, 0.2) is 0 Å². The van der Waals surface area contributed by atoms with Gasteiger partial charge >= 0.3 is 0 Å². The molecule has 0 radical (unpaired) electrons. The Kier molecular flexibility index (Phi) is 3.48. The zero-order valence-corrected chi connectivity index (χ0v) is 10.1. The first-order valence-corrected chi connectivity index (χ1v) is 5.99. The van der Waals surface area contributed by atoms with Gasteiger partial charge in [0.05, 0.1) is 6.54 Å². The Morgan fingerprint density at radius 3 is 2.76 bits per heavy atom. The van der Waals surface area contributed by atoms with Gasteiger partial charge in [-0.3, -0.25) is 9.36 Å². The van der Waals surface area contributed by atoms with Gasteiger partial charge in [0, 0.05) is 24.8 Å². The summed E-state index contributed by atoms with van der Waals surface area (Å²) in [6.45, 7) is 4.05. The van der Waals surface area contributed by atoms with E-state index in [2.05, 4.69) is 15.8 Å². The van der Waals surface area contributed by atoms with Crippen LogP contribution in [0.5, 0.6) is 0 Å². The zero-order valence-electron chi connectivity index (χ0n) is 10.1. The third-order valence-corrected chi connectivity index (χ3v) is 3.00. The molecule has 90 valence electrons. The van der Waals surface area contributed by atoms with Crippen molar-refractivity contribution >= 4 is 5.95 Å². The summed E-state index contributed by atoms with van der Waals surface area (Å²) in [6.07, 6.45) is 8.87. The molecule has 0 aromatic carbocycles. The summed E-state index contributed by atoms with van der Waals surface area (Å²) in [5, 5.41) is 0. The Balaban J connectivity index is 2.43. The Hall–Kier alpha value is -1.76. The number of anilines is 1. The number of hydrogen-bond acceptors (Lipinski definition) is 3. The molecule has 0 saturated carbocycles. The molecule has 17 heavy (non-hydrogen) atoms. The topological polar surface area (TPSA) is 38.1 Å². The molecule has 2 rings (SSSR count). The number of aromatic nitrogens is 2. The molecule has 0 aliphatic carbocycles. The van der Waals surface area contributed by atoms with Gasteiger partial charge in [-0.25, -0.2) is 4.98 Å². The van der Waals surface area contributed by atoms with Crippen molar-refractivity contribution in [1.82, 2.24) is 9.55 Å². The highest BCUT2D eigenvalue weighted by molar-refractivity contribution is 5.33. The van der Waals surface area contributed by atoms with Crippen LogP contribution in [0.3, 0.4) is 0 Å². The van der Waals surface area contributed by atoms with Gasteiger partial charge in [-0.1, -0.05) is 5.92 Å². The molecule has 0 N–H and O–H groups in total. The van der Waals surface area contributed by atoms with Crippen LogP contribution in [-0.4, -0.2) is 22.6 Å². The van der Waals surface area contributed by atoms with E-state index in [1.807, 2.05) is 6.92 Å². The SMILES string of the molecule is C#CCn1c(N2CCCCC2)nc(C)cc1=O. The van der Waals surface area contributed by atoms with Gasteiger partial charge in [0.1, 0.15) is 0 Å². The second kappa shape index (κ2) is 5.05. The van der Waals surface area contributed by atoms with Crippen molar-refractivity contribution in [3.8, 4) is 12.3 Å². The molecule has 1 aliphatic heterocycles. The molecule has 4 heteroatoms. The van der Waals surface area contributed by atoms with Gasteiger partial charge in [0.25, 0.3) is 5.56 Å². The van der Waals surface area contributed by atoms with E-state index in [0.717, 1.165) is 37.6 Å². The quantitative estimate of drug-likeness (QED) is 0.717. The van der Waals surface area contributed by atoms with Crippen LogP contribution in [-0.2, 0) is 6.54 Å². The number of nitrogens with zero attached hydrogens (tertiary/aromatic N) is 3.